The maximum atomic E-state index is 12.3. The monoisotopic (exact) mass is 277 g/mol. The Hall–Kier alpha value is -2.81. The third-order valence-electron chi connectivity index (χ3n) is 3.43. The second-order valence-electron chi connectivity index (χ2n) is 5.00. The van der Waals surface area contributed by atoms with E-state index in [-0.39, 0.29) is 11.7 Å². The summed E-state index contributed by atoms with van der Waals surface area (Å²) >= 11 is 0. The zero-order valence-corrected chi connectivity index (χ0v) is 11.6. The molecule has 0 heterocycles. The number of carbonyl (C=O) groups is 1. The van der Waals surface area contributed by atoms with Gasteiger partial charge in [0.15, 0.2) is 0 Å². The Kier molecular flexibility index (Phi) is 3.32. The molecular weight excluding hydrogens is 262 g/mol. The minimum atomic E-state index is -0.158. The lowest BCUT2D eigenvalue weighted by molar-refractivity contribution is 0.102. The number of aromatic hydroxyl groups is 1. The normalized spacial score (nSPS) is 10.5. The Morgan fingerprint density at radius 1 is 0.952 bits per heavy atom. The van der Waals surface area contributed by atoms with E-state index in [0.717, 1.165) is 16.3 Å². The van der Waals surface area contributed by atoms with Crippen molar-refractivity contribution in [3.8, 4) is 5.75 Å². The molecule has 3 aromatic carbocycles. The van der Waals surface area contributed by atoms with Gasteiger partial charge in [-0.15, -0.1) is 0 Å². The van der Waals surface area contributed by atoms with Crippen LogP contribution < -0.4 is 5.32 Å². The molecule has 0 saturated heterocycles. The summed E-state index contributed by atoms with van der Waals surface area (Å²) in [5.41, 5.74) is 2.35. The topological polar surface area (TPSA) is 49.3 Å². The van der Waals surface area contributed by atoms with Crippen molar-refractivity contribution >= 4 is 22.4 Å². The largest absolute Gasteiger partial charge is 0.507 e. The molecule has 1 amide bonds. The van der Waals surface area contributed by atoms with Crippen LogP contribution in [0.4, 0.5) is 5.69 Å². The lowest BCUT2D eigenvalue weighted by Gasteiger charge is -2.10. The van der Waals surface area contributed by atoms with E-state index in [4.69, 9.17) is 0 Å². The number of hydrogen-bond donors (Lipinski definition) is 2. The summed E-state index contributed by atoms with van der Waals surface area (Å²) in [5, 5.41) is 14.3. The van der Waals surface area contributed by atoms with Gasteiger partial charge in [0.2, 0.25) is 0 Å². The molecule has 0 atom stereocenters. The van der Waals surface area contributed by atoms with Crippen LogP contribution in [-0.2, 0) is 0 Å². The highest BCUT2D eigenvalue weighted by Crippen LogP contribution is 2.30. The summed E-state index contributed by atoms with van der Waals surface area (Å²) in [4.78, 5) is 12.3. The van der Waals surface area contributed by atoms with Crippen LogP contribution in [0.1, 0.15) is 15.9 Å². The van der Waals surface area contributed by atoms with E-state index in [1.165, 1.54) is 0 Å². The minimum Gasteiger partial charge on any atom is -0.507 e. The molecule has 0 bridgehead atoms. The minimum absolute atomic E-state index is 0.158. The van der Waals surface area contributed by atoms with Gasteiger partial charge in [-0.3, -0.25) is 4.79 Å². The van der Waals surface area contributed by atoms with Gasteiger partial charge in [0.25, 0.3) is 5.91 Å². The number of anilines is 1. The van der Waals surface area contributed by atoms with Crippen molar-refractivity contribution < 1.29 is 9.90 Å². The molecule has 3 nitrogen and oxygen atoms in total. The van der Waals surface area contributed by atoms with Crippen molar-refractivity contribution in [1.82, 2.24) is 0 Å². The second-order valence-corrected chi connectivity index (χ2v) is 5.00. The first-order chi connectivity index (χ1) is 10.1. The summed E-state index contributed by atoms with van der Waals surface area (Å²) < 4.78 is 0. The SMILES string of the molecule is Cc1cccc(C(=O)Nc2ccc(O)c3ccccc23)c1. The molecule has 0 aliphatic rings. The zero-order valence-electron chi connectivity index (χ0n) is 11.6. The number of nitrogens with one attached hydrogen (secondary N) is 1. The van der Waals surface area contributed by atoms with Gasteiger partial charge in [-0.25, -0.2) is 0 Å². The molecular formula is C18H15NO2. The number of benzene rings is 3. The Balaban J connectivity index is 1.99. The Labute approximate surface area is 122 Å². The Morgan fingerprint density at radius 3 is 2.48 bits per heavy atom. The Morgan fingerprint density at radius 2 is 1.71 bits per heavy atom. The average Bonchev–Trinajstić information content (AvgIpc) is 2.50. The summed E-state index contributed by atoms with van der Waals surface area (Å²) in [6.45, 7) is 1.95. The lowest BCUT2D eigenvalue weighted by atomic mass is 10.1. The lowest BCUT2D eigenvalue weighted by Crippen LogP contribution is -2.12. The maximum absolute atomic E-state index is 12.3. The van der Waals surface area contributed by atoms with Gasteiger partial charge in [0, 0.05) is 22.0 Å². The fraction of sp³-hybridized carbons (Fsp3) is 0.0556. The van der Waals surface area contributed by atoms with Crippen molar-refractivity contribution in [2.24, 2.45) is 0 Å². The maximum Gasteiger partial charge on any atom is 0.255 e. The predicted octanol–water partition coefficient (Wildman–Crippen LogP) is 4.11. The van der Waals surface area contributed by atoms with Crippen LogP contribution >= 0.6 is 0 Å². The molecule has 0 radical (unpaired) electrons. The van der Waals surface area contributed by atoms with Crippen LogP contribution in [0.3, 0.4) is 0 Å². The zero-order chi connectivity index (χ0) is 14.8. The molecule has 0 spiro atoms. The highest BCUT2D eigenvalue weighted by Gasteiger charge is 2.10. The fourth-order valence-electron chi connectivity index (χ4n) is 2.37. The molecule has 2 N–H and O–H groups in total. The standard InChI is InChI=1S/C18H15NO2/c1-12-5-4-6-13(11-12)18(21)19-16-9-10-17(20)15-8-3-2-7-14(15)16/h2-11,20H,1H3,(H,19,21). The third kappa shape index (κ3) is 2.58. The van der Waals surface area contributed by atoms with Crippen molar-refractivity contribution in [2.75, 3.05) is 5.32 Å². The number of hydrogen-bond acceptors (Lipinski definition) is 2. The van der Waals surface area contributed by atoms with E-state index in [1.54, 1.807) is 18.2 Å². The molecule has 0 aliphatic carbocycles. The van der Waals surface area contributed by atoms with Gasteiger partial charge in [0.05, 0.1) is 0 Å². The highest BCUT2D eigenvalue weighted by molar-refractivity contribution is 6.10. The van der Waals surface area contributed by atoms with Crippen LogP contribution in [-0.4, -0.2) is 11.0 Å². The van der Waals surface area contributed by atoms with Crippen LogP contribution in [0.15, 0.2) is 60.7 Å². The van der Waals surface area contributed by atoms with Crippen molar-refractivity contribution in [1.29, 1.82) is 0 Å². The number of rotatable bonds is 2. The van der Waals surface area contributed by atoms with Crippen molar-refractivity contribution in [3.63, 3.8) is 0 Å². The molecule has 0 fully saturated rings. The Bertz CT molecular complexity index is 824. The molecule has 21 heavy (non-hydrogen) atoms. The van der Waals surface area contributed by atoms with Crippen LogP contribution in [0.25, 0.3) is 10.8 Å². The van der Waals surface area contributed by atoms with Gasteiger partial charge in [-0.2, -0.15) is 0 Å². The number of phenols is 1. The summed E-state index contributed by atoms with van der Waals surface area (Å²) in [7, 11) is 0. The van der Waals surface area contributed by atoms with Crippen LogP contribution in [0.5, 0.6) is 5.75 Å². The molecule has 0 saturated carbocycles. The van der Waals surface area contributed by atoms with Gasteiger partial charge < -0.3 is 10.4 Å². The molecule has 0 unspecified atom stereocenters. The smallest absolute Gasteiger partial charge is 0.255 e. The van der Waals surface area contributed by atoms with E-state index >= 15 is 0 Å². The number of phenolic OH excluding ortho intramolecular Hbond substituents is 1. The van der Waals surface area contributed by atoms with Crippen molar-refractivity contribution in [2.45, 2.75) is 6.92 Å². The van der Waals surface area contributed by atoms with E-state index in [9.17, 15) is 9.90 Å². The number of carbonyl (C=O) groups excluding carboxylic acids is 1. The van der Waals surface area contributed by atoms with Crippen LogP contribution in [0, 0.1) is 6.92 Å². The number of amides is 1. The fourth-order valence-corrected chi connectivity index (χ4v) is 2.37. The first kappa shape index (κ1) is 13.2. The highest BCUT2D eigenvalue weighted by atomic mass is 16.3. The first-order valence-electron chi connectivity index (χ1n) is 6.74. The third-order valence-corrected chi connectivity index (χ3v) is 3.43. The molecule has 3 heteroatoms. The summed E-state index contributed by atoms with van der Waals surface area (Å²) in [6, 6.07) is 18.2. The van der Waals surface area contributed by atoms with Crippen LogP contribution in [0.2, 0.25) is 0 Å². The van der Waals surface area contributed by atoms with Gasteiger partial charge in [0.1, 0.15) is 5.75 Å². The quantitative estimate of drug-likeness (QED) is 0.693. The molecule has 0 aliphatic heterocycles. The summed E-state index contributed by atoms with van der Waals surface area (Å²) in [6.07, 6.45) is 0. The first-order valence-corrected chi connectivity index (χ1v) is 6.74. The average molecular weight is 277 g/mol. The second kappa shape index (κ2) is 5.29. The number of fused-ring (bicyclic) bond motifs is 1. The van der Waals surface area contributed by atoms with Gasteiger partial charge in [-0.1, -0.05) is 42.0 Å². The van der Waals surface area contributed by atoms with Crippen molar-refractivity contribution in [3.05, 3.63) is 71.8 Å². The van der Waals surface area contributed by atoms with E-state index in [2.05, 4.69) is 5.32 Å². The summed E-state index contributed by atoms with van der Waals surface area (Å²) in [5.74, 6) is 0.0497. The number of aryl methyl sites for hydroxylation is 1. The predicted molar refractivity (Wildman–Crippen MR) is 84.7 cm³/mol. The van der Waals surface area contributed by atoms with Gasteiger partial charge >= 0.3 is 0 Å². The van der Waals surface area contributed by atoms with E-state index in [0.29, 0.717) is 11.3 Å². The van der Waals surface area contributed by atoms with E-state index < -0.39 is 0 Å². The molecule has 0 aromatic heterocycles. The van der Waals surface area contributed by atoms with Gasteiger partial charge in [-0.05, 0) is 31.2 Å². The molecule has 104 valence electrons. The van der Waals surface area contributed by atoms with E-state index in [1.807, 2.05) is 49.4 Å². The molecule has 3 aromatic rings. The molecule has 3 rings (SSSR count).